The number of hydrogen-bond donors (Lipinski definition) is 2. The van der Waals surface area contributed by atoms with E-state index in [1.807, 2.05) is 0 Å². The van der Waals surface area contributed by atoms with Crippen LogP contribution in [0.2, 0.25) is 5.02 Å². The van der Waals surface area contributed by atoms with E-state index in [9.17, 15) is 13.2 Å². The highest BCUT2D eigenvalue weighted by Crippen LogP contribution is 2.27. The number of halogens is 1. The van der Waals surface area contributed by atoms with Crippen molar-refractivity contribution in [2.24, 2.45) is 11.7 Å². The van der Waals surface area contributed by atoms with Gasteiger partial charge in [-0.1, -0.05) is 18.0 Å². The van der Waals surface area contributed by atoms with Crippen LogP contribution in [0, 0.1) is 5.92 Å². The van der Waals surface area contributed by atoms with Crippen molar-refractivity contribution in [3.8, 4) is 0 Å². The van der Waals surface area contributed by atoms with Crippen molar-refractivity contribution < 1.29 is 17.9 Å². The van der Waals surface area contributed by atoms with Crippen LogP contribution >= 0.6 is 11.6 Å². The van der Waals surface area contributed by atoms with Gasteiger partial charge in [0.2, 0.25) is 10.0 Å². The monoisotopic (exact) mass is 346 g/mol. The smallest absolute Gasteiger partial charge is 0.339 e. The van der Waals surface area contributed by atoms with Crippen molar-refractivity contribution in [3.05, 3.63) is 28.8 Å². The summed E-state index contributed by atoms with van der Waals surface area (Å²) in [6.45, 7) is 0.454. The first-order chi connectivity index (χ1) is 10.4. The van der Waals surface area contributed by atoms with E-state index < -0.39 is 16.0 Å². The highest BCUT2D eigenvalue weighted by Gasteiger charge is 2.30. The lowest BCUT2D eigenvalue weighted by molar-refractivity contribution is 0.0601. The van der Waals surface area contributed by atoms with E-state index >= 15 is 0 Å². The molecule has 0 unspecified atom stereocenters. The Hall–Kier alpha value is -1.15. The van der Waals surface area contributed by atoms with Crippen molar-refractivity contribution in [3.63, 3.8) is 0 Å². The number of carbonyl (C=O) groups excluding carboxylic acids is 1. The topological polar surface area (TPSA) is 98.5 Å². The molecule has 1 aliphatic rings. The van der Waals surface area contributed by atoms with Gasteiger partial charge in [0.25, 0.3) is 0 Å². The Labute approximate surface area is 135 Å². The number of methoxy groups -OCH3 is 1. The molecule has 3 N–H and O–H groups in total. The molecule has 0 aromatic heterocycles. The van der Waals surface area contributed by atoms with Crippen LogP contribution in [0.15, 0.2) is 23.1 Å². The number of carbonyl (C=O) groups is 1. The Balaban J connectivity index is 2.23. The molecule has 0 heterocycles. The second-order valence-electron chi connectivity index (χ2n) is 5.29. The summed E-state index contributed by atoms with van der Waals surface area (Å²) in [5.74, 6) is -0.458. The quantitative estimate of drug-likeness (QED) is 0.788. The zero-order valence-electron chi connectivity index (χ0n) is 12.2. The lowest BCUT2D eigenvalue weighted by atomic mass is 10.1. The van der Waals surface area contributed by atoms with Crippen molar-refractivity contribution >= 4 is 27.6 Å². The molecule has 0 radical (unpaired) electrons. The van der Waals surface area contributed by atoms with E-state index in [-0.39, 0.29) is 27.4 Å². The molecule has 1 saturated carbocycles. The fourth-order valence-corrected chi connectivity index (χ4v) is 4.37. The first kappa shape index (κ1) is 17.2. The van der Waals surface area contributed by atoms with Crippen LogP contribution in [0.5, 0.6) is 0 Å². The lowest BCUT2D eigenvalue weighted by Crippen LogP contribution is -2.39. The summed E-state index contributed by atoms with van der Waals surface area (Å²) in [6.07, 6.45) is 2.65. The first-order valence-corrected chi connectivity index (χ1v) is 8.85. The molecular formula is C14H19ClN2O4S. The van der Waals surface area contributed by atoms with Gasteiger partial charge in [-0.05, 0) is 43.5 Å². The average molecular weight is 347 g/mol. The van der Waals surface area contributed by atoms with Crippen LogP contribution in [0.4, 0.5) is 0 Å². The minimum atomic E-state index is -3.70. The molecule has 0 saturated heterocycles. The summed E-state index contributed by atoms with van der Waals surface area (Å²) in [5.41, 5.74) is 5.80. The number of esters is 1. The van der Waals surface area contributed by atoms with Crippen LogP contribution in [0.25, 0.3) is 0 Å². The van der Waals surface area contributed by atoms with Gasteiger partial charge in [-0.2, -0.15) is 0 Å². The largest absolute Gasteiger partial charge is 0.465 e. The van der Waals surface area contributed by atoms with Gasteiger partial charge in [-0.3, -0.25) is 0 Å². The van der Waals surface area contributed by atoms with Gasteiger partial charge in [0.05, 0.1) is 22.6 Å². The molecule has 1 aromatic rings. The Morgan fingerprint density at radius 3 is 2.77 bits per heavy atom. The van der Waals surface area contributed by atoms with Gasteiger partial charge in [-0.25, -0.2) is 17.9 Å². The molecule has 0 aliphatic heterocycles. The van der Waals surface area contributed by atoms with Crippen LogP contribution < -0.4 is 10.5 Å². The first-order valence-electron chi connectivity index (χ1n) is 6.99. The Kier molecular flexibility index (Phi) is 5.44. The van der Waals surface area contributed by atoms with Gasteiger partial charge in [0.15, 0.2) is 0 Å². The normalized spacial score (nSPS) is 21.8. The fourth-order valence-electron chi connectivity index (χ4n) is 2.68. The summed E-state index contributed by atoms with van der Waals surface area (Å²) in [4.78, 5) is 11.5. The third-order valence-corrected chi connectivity index (χ3v) is 5.72. The maximum Gasteiger partial charge on any atom is 0.339 e. The number of hydrogen-bond acceptors (Lipinski definition) is 5. The van der Waals surface area contributed by atoms with Crippen molar-refractivity contribution in [2.45, 2.75) is 30.2 Å². The maximum absolute atomic E-state index is 12.4. The molecule has 1 fully saturated rings. The molecule has 1 aromatic carbocycles. The summed E-state index contributed by atoms with van der Waals surface area (Å²) in [5, 5.41) is 0.0384. The number of benzene rings is 1. The van der Waals surface area contributed by atoms with E-state index in [1.165, 1.54) is 25.3 Å². The Bertz CT molecular complexity index is 663. The van der Waals surface area contributed by atoms with Crippen molar-refractivity contribution in [1.82, 2.24) is 4.72 Å². The molecule has 2 atom stereocenters. The second-order valence-corrected chi connectivity index (χ2v) is 7.41. The molecular weight excluding hydrogens is 328 g/mol. The summed E-state index contributed by atoms with van der Waals surface area (Å²) in [7, 11) is -2.47. The molecule has 22 heavy (non-hydrogen) atoms. The van der Waals surface area contributed by atoms with E-state index in [4.69, 9.17) is 17.3 Å². The highest BCUT2D eigenvalue weighted by molar-refractivity contribution is 7.89. The molecule has 1 aliphatic carbocycles. The zero-order valence-corrected chi connectivity index (χ0v) is 13.8. The third kappa shape index (κ3) is 3.60. The van der Waals surface area contributed by atoms with Crippen LogP contribution in [0.3, 0.4) is 0 Å². The van der Waals surface area contributed by atoms with Crippen LogP contribution in [-0.2, 0) is 14.8 Å². The predicted molar refractivity (Wildman–Crippen MR) is 83.3 cm³/mol. The second kappa shape index (κ2) is 6.95. The molecule has 0 amide bonds. The van der Waals surface area contributed by atoms with E-state index in [0.717, 1.165) is 19.3 Å². The van der Waals surface area contributed by atoms with Crippen LogP contribution in [0.1, 0.15) is 29.6 Å². The molecule has 122 valence electrons. The number of rotatable bonds is 5. The lowest BCUT2D eigenvalue weighted by Gasteiger charge is -2.19. The molecule has 2 rings (SSSR count). The van der Waals surface area contributed by atoms with Crippen molar-refractivity contribution in [1.29, 1.82) is 0 Å². The number of sulfonamides is 1. The minimum absolute atomic E-state index is 0.0211. The predicted octanol–water partition coefficient (Wildman–Crippen LogP) is 1.53. The molecule has 8 heteroatoms. The fraction of sp³-hybridized carbons (Fsp3) is 0.500. The summed E-state index contributed by atoms with van der Waals surface area (Å²) >= 11 is 5.97. The zero-order chi connectivity index (χ0) is 16.3. The van der Waals surface area contributed by atoms with E-state index in [1.54, 1.807) is 0 Å². The molecule has 0 bridgehead atoms. The third-order valence-electron chi connectivity index (χ3n) is 3.92. The van der Waals surface area contributed by atoms with Gasteiger partial charge < -0.3 is 10.5 Å². The molecule has 6 nitrogen and oxygen atoms in total. The van der Waals surface area contributed by atoms with Gasteiger partial charge in [0, 0.05) is 6.04 Å². The highest BCUT2D eigenvalue weighted by atomic mass is 35.5. The Morgan fingerprint density at radius 1 is 1.45 bits per heavy atom. The standard InChI is InChI=1S/C14H19ClN2O4S/c1-21-14(18)11-6-5-10(7-12(11)15)22(19,20)17-13-4-2-3-9(13)8-16/h5-7,9,13,17H,2-4,8,16H2,1H3/t9-,13-/m0/s1. The number of nitrogens with two attached hydrogens (primary N) is 1. The average Bonchev–Trinajstić information content (AvgIpc) is 2.92. The summed E-state index contributed by atoms with van der Waals surface area (Å²) in [6, 6.07) is 3.78. The van der Waals surface area contributed by atoms with Gasteiger partial charge >= 0.3 is 5.97 Å². The van der Waals surface area contributed by atoms with Crippen molar-refractivity contribution in [2.75, 3.05) is 13.7 Å². The van der Waals surface area contributed by atoms with Crippen LogP contribution in [-0.4, -0.2) is 34.1 Å². The van der Waals surface area contributed by atoms with E-state index in [2.05, 4.69) is 9.46 Å². The summed E-state index contributed by atoms with van der Waals surface area (Å²) < 4.78 is 32.1. The minimum Gasteiger partial charge on any atom is -0.465 e. The van der Waals surface area contributed by atoms with Gasteiger partial charge in [0.1, 0.15) is 0 Å². The SMILES string of the molecule is COC(=O)c1ccc(S(=O)(=O)N[C@H]2CCC[C@H]2CN)cc1Cl. The Morgan fingerprint density at radius 2 is 2.18 bits per heavy atom. The van der Waals surface area contributed by atoms with E-state index in [0.29, 0.717) is 6.54 Å². The maximum atomic E-state index is 12.4. The van der Waals surface area contributed by atoms with Gasteiger partial charge in [-0.15, -0.1) is 0 Å². The number of ether oxygens (including phenoxy) is 1. The molecule has 0 spiro atoms. The number of nitrogens with one attached hydrogen (secondary N) is 1.